The second-order valence-electron chi connectivity index (χ2n) is 9.61. The molecular formula is C34H24ClN5O3S. The van der Waals surface area contributed by atoms with Crippen molar-refractivity contribution < 1.29 is 14.4 Å². The molecule has 4 aromatic carbocycles. The van der Waals surface area contributed by atoms with Crippen LogP contribution >= 0.6 is 22.9 Å². The van der Waals surface area contributed by atoms with Gasteiger partial charge < -0.3 is 5.32 Å². The number of hydrogen-bond acceptors (Lipinski definition) is 5. The zero-order chi connectivity index (χ0) is 30.5. The van der Waals surface area contributed by atoms with Crippen LogP contribution in [-0.4, -0.2) is 27.5 Å². The van der Waals surface area contributed by atoms with Crippen LogP contribution in [0.5, 0.6) is 0 Å². The Kier molecular flexibility index (Phi) is 8.31. The number of rotatable bonds is 7. The summed E-state index contributed by atoms with van der Waals surface area (Å²) in [4.78, 5) is 38.7. The summed E-state index contributed by atoms with van der Waals surface area (Å²) in [6.45, 7) is 0. The molecule has 0 aliphatic carbocycles. The van der Waals surface area contributed by atoms with E-state index >= 15 is 0 Å². The van der Waals surface area contributed by atoms with E-state index in [0.29, 0.717) is 16.3 Å². The van der Waals surface area contributed by atoms with Crippen molar-refractivity contribution in [3.05, 3.63) is 148 Å². The second kappa shape index (κ2) is 12.8. The fourth-order valence-corrected chi connectivity index (χ4v) is 5.52. The molecule has 0 saturated carbocycles. The van der Waals surface area contributed by atoms with Crippen LogP contribution in [0.3, 0.4) is 0 Å². The summed E-state index contributed by atoms with van der Waals surface area (Å²) in [5, 5.41) is 9.53. The molecule has 10 heteroatoms. The van der Waals surface area contributed by atoms with Crippen molar-refractivity contribution in [2.45, 2.75) is 0 Å². The average molecular weight is 618 g/mol. The van der Waals surface area contributed by atoms with E-state index < -0.39 is 17.7 Å². The zero-order valence-corrected chi connectivity index (χ0v) is 24.6. The summed E-state index contributed by atoms with van der Waals surface area (Å²) < 4.78 is 1.84. The van der Waals surface area contributed by atoms with Crippen LogP contribution in [0, 0.1) is 0 Å². The van der Waals surface area contributed by atoms with Crippen LogP contribution in [0.4, 0.5) is 5.69 Å². The zero-order valence-electron chi connectivity index (χ0n) is 23.0. The fourth-order valence-electron chi connectivity index (χ4n) is 4.56. The Balaban J connectivity index is 1.15. The molecule has 6 aromatic rings. The molecule has 0 atom stereocenters. The Morgan fingerprint density at radius 3 is 2.02 bits per heavy atom. The summed E-state index contributed by atoms with van der Waals surface area (Å²) in [5.41, 5.74) is 10.3. The first-order valence-corrected chi connectivity index (χ1v) is 14.8. The number of hydrazine groups is 1. The maximum Gasteiger partial charge on any atom is 0.281 e. The Morgan fingerprint density at radius 2 is 1.32 bits per heavy atom. The maximum absolute atomic E-state index is 12.9. The largest absolute Gasteiger partial charge is 0.320 e. The molecule has 0 radical (unpaired) electrons. The van der Waals surface area contributed by atoms with Crippen LogP contribution in [0.15, 0.2) is 127 Å². The third kappa shape index (κ3) is 6.14. The molecule has 0 spiro atoms. The van der Waals surface area contributed by atoms with Gasteiger partial charge in [0.05, 0.1) is 33.3 Å². The highest BCUT2D eigenvalue weighted by atomic mass is 35.5. The highest BCUT2D eigenvalue weighted by Crippen LogP contribution is 2.29. The first kappa shape index (κ1) is 28.6. The first-order chi connectivity index (χ1) is 21.5. The number of carbonyl (C=O) groups excluding carboxylic acids is 3. The minimum absolute atomic E-state index is 0.224. The lowest BCUT2D eigenvalue weighted by Crippen LogP contribution is -2.41. The topological polar surface area (TPSA) is 105 Å². The van der Waals surface area contributed by atoms with E-state index in [0.717, 1.165) is 39.5 Å². The SMILES string of the molecule is O=C(NNC(=O)c1sccc1NC(=O)c1ccccc1Cl)c1ccc(-n2nc(-c3ccccc3)cc2-c2ccccc2)cc1. The normalized spacial score (nSPS) is 10.7. The molecule has 8 nitrogen and oxygen atoms in total. The van der Waals surface area contributed by atoms with E-state index in [9.17, 15) is 14.4 Å². The number of nitrogens with one attached hydrogen (secondary N) is 3. The molecule has 3 N–H and O–H groups in total. The quantitative estimate of drug-likeness (QED) is 0.164. The molecule has 0 saturated heterocycles. The Labute approximate surface area is 261 Å². The monoisotopic (exact) mass is 617 g/mol. The molecule has 0 aliphatic rings. The first-order valence-electron chi connectivity index (χ1n) is 13.5. The van der Waals surface area contributed by atoms with Crippen molar-refractivity contribution in [3.63, 3.8) is 0 Å². The lowest BCUT2D eigenvalue weighted by atomic mass is 10.1. The predicted molar refractivity (Wildman–Crippen MR) is 173 cm³/mol. The molecule has 0 fully saturated rings. The minimum Gasteiger partial charge on any atom is -0.320 e. The summed E-state index contributed by atoms with van der Waals surface area (Å²) in [5.74, 6) is -1.52. The summed E-state index contributed by atoms with van der Waals surface area (Å²) in [7, 11) is 0. The van der Waals surface area contributed by atoms with Gasteiger partial charge in [-0.3, -0.25) is 25.2 Å². The molecule has 3 amide bonds. The number of hydrogen-bond donors (Lipinski definition) is 3. The highest BCUT2D eigenvalue weighted by molar-refractivity contribution is 7.12. The number of amides is 3. The van der Waals surface area contributed by atoms with Gasteiger partial charge in [0.15, 0.2) is 0 Å². The predicted octanol–water partition coefficient (Wildman–Crippen LogP) is 7.25. The molecule has 0 unspecified atom stereocenters. The fraction of sp³-hybridized carbons (Fsp3) is 0. The van der Waals surface area contributed by atoms with Gasteiger partial charge in [-0.25, -0.2) is 4.68 Å². The third-order valence-electron chi connectivity index (χ3n) is 6.75. The van der Waals surface area contributed by atoms with Gasteiger partial charge in [-0.1, -0.05) is 84.4 Å². The van der Waals surface area contributed by atoms with E-state index in [1.165, 1.54) is 0 Å². The number of thiophene rings is 1. The maximum atomic E-state index is 12.9. The molecule has 2 aromatic heterocycles. The van der Waals surface area contributed by atoms with E-state index in [2.05, 4.69) is 16.2 Å². The van der Waals surface area contributed by atoms with Crippen molar-refractivity contribution in [1.82, 2.24) is 20.6 Å². The van der Waals surface area contributed by atoms with Gasteiger partial charge in [0.25, 0.3) is 17.7 Å². The Hall–Kier alpha value is -5.51. The molecular weight excluding hydrogens is 594 g/mol. The van der Waals surface area contributed by atoms with Crippen molar-refractivity contribution in [3.8, 4) is 28.2 Å². The van der Waals surface area contributed by atoms with Gasteiger partial charge in [-0.2, -0.15) is 5.10 Å². The van der Waals surface area contributed by atoms with Crippen LogP contribution < -0.4 is 16.2 Å². The number of benzene rings is 4. The van der Waals surface area contributed by atoms with Crippen molar-refractivity contribution in [2.24, 2.45) is 0 Å². The summed E-state index contributed by atoms with van der Waals surface area (Å²) in [6.07, 6.45) is 0. The van der Waals surface area contributed by atoms with E-state index in [1.807, 2.05) is 71.4 Å². The molecule has 44 heavy (non-hydrogen) atoms. The van der Waals surface area contributed by atoms with E-state index in [-0.39, 0.29) is 10.4 Å². The molecule has 2 heterocycles. The molecule has 0 aliphatic heterocycles. The standard InChI is InChI=1S/C34H24ClN5O3S/c35-27-14-8-7-13-26(27)33(42)36-28-19-20-44-31(28)34(43)38-37-32(41)24-15-17-25(18-16-24)40-30(23-11-5-2-6-12-23)21-29(39-40)22-9-3-1-4-10-22/h1-21H,(H,36,42)(H,37,41)(H,38,43). The number of anilines is 1. The molecule has 216 valence electrons. The third-order valence-corrected chi connectivity index (χ3v) is 7.99. The van der Waals surface area contributed by atoms with E-state index in [1.54, 1.807) is 60.0 Å². The van der Waals surface area contributed by atoms with Gasteiger partial charge in [-0.15, -0.1) is 11.3 Å². The van der Waals surface area contributed by atoms with Gasteiger partial charge in [0, 0.05) is 16.7 Å². The smallest absolute Gasteiger partial charge is 0.281 e. The Morgan fingerprint density at radius 1 is 0.682 bits per heavy atom. The average Bonchev–Trinajstić information content (AvgIpc) is 3.72. The van der Waals surface area contributed by atoms with Crippen molar-refractivity contribution in [2.75, 3.05) is 5.32 Å². The summed E-state index contributed by atoms with van der Waals surface area (Å²) in [6, 6.07) is 37.1. The Bertz CT molecular complexity index is 1950. The number of halogens is 1. The van der Waals surface area contributed by atoms with Crippen molar-refractivity contribution >= 4 is 46.3 Å². The number of carbonyl (C=O) groups is 3. The minimum atomic E-state index is -0.572. The van der Waals surface area contributed by atoms with Gasteiger partial charge in [-0.05, 0) is 53.9 Å². The lowest BCUT2D eigenvalue weighted by Gasteiger charge is -2.11. The van der Waals surface area contributed by atoms with Gasteiger partial charge in [0.1, 0.15) is 4.88 Å². The van der Waals surface area contributed by atoms with Crippen LogP contribution in [0.1, 0.15) is 30.4 Å². The highest BCUT2D eigenvalue weighted by Gasteiger charge is 2.19. The number of aromatic nitrogens is 2. The van der Waals surface area contributed by atoms with E-state index in [4.69, 9.17) is 16.7 Å². The lowest BCUT2D eigenvalue weighted by molar-refractivity contribution is 0.0849. The molecule has 6 rings (SSSR count). The van der Waals surface area contributed by atoms with Gasteiger partial charge in [0.2, 0.25) is 0 Å². The summed E-state index contributed by atoms with van der Waals surface area (Å²) >= 11 is 7.25. The van der Waals surface area contributed by atoms with Crippen molar-refractivity contribution in [1.29, 1.82) is 0 Å². The van der Waals surface area contributed by atoms with Crippen LogP contribution in [0.2, 0.25) is 5.02 Å². The van der Waals surface area contributed by atoms with Crippen LogP contribution in [0.25, 0.3) is 28.2 Å². The molecule has 0 bridgehead atoms. The number of nitrogens with zero attached hydrogens (tertiary/aromatic N) is 2. The van der Waals surface area contributed by atoms with Crippen LogP contribution in [-0.2, 0) is 0 Å². The van der Waals surface area contributed by atoms with Gasteiger partial charge >= 0.3 is 0 Å². The second-order valence-corrected chi connectivity index (χ2v) is 10.9.